The fourth-order valence-electron chi connectivity index (χ4n) is 0.402. The van der Waals surface area contributed by atoms with Gasteiger partial charge in [0, 0.05) is 5.82 Å². The van der Waals surface area contributed by atoms with Crippen molar-refractivity contribution in [3.63, 3.8) is 0 Å². The van der Waals surface area contributed by atoms with E-state index in [1.165, 1.54) is 13.3 Å². The van der Waals surface area contributed by atoms with Crippen LogP contribution in [-0.4, -0.2) is 13.3 Å². The van der Waals surface area contributed by atoms with E-state index in [4.69, 9.17) is 0 Å². The standard InChI is InChI=1S/C4H9O5P3/c1-4-12(7,8-10(2)5)9-11(3)6/h4H,1H2,2-3H3/q+2. The molecular weight excluding hydrogens is 221 g/mol. The van der Waals surface area contributed by atoms with Crippen LogP contribution in [-0.2, 0) is 22.3 Å². The minimum absolute atomic E-state index is 0.875. The van der Waals surface area contributed by atoms with Crippen molar-refractivity contribution in [1.82, 2.24) is 0 Å². The van der Waals surface area contributed by atoms with Gasteiger partial charge in [-0.15, -0.1) is 0 Å². The van der Waals surface area contributed by atoms with Crippen molar-refractivity contribution in [3.05, 3.63) is 12.4 Å². The van der Waals surface area contributed by atoms with Gasteiger partial charge in [-0.05, 0) is 17.8 Å². The highest BCUT2D eigenvalue weighted by Crippen LogP contribution is 2.60. The van der Waals surface area contributed by atoms with E-state index in [2.05, 4.69) is 15.2 Å². The maximum absolute atomic E-state index is 11.3. The average Bonchev–Trinajstić information content (AvgIpc) is 1.83. The van der Waals surface area contributed by atoms with Crippen molar-refractivity contribution in [1.29, 1.82) is 0 Å². The summed E-state index contributed by atoms with van der Waals surface area (Å²) in [6.45, 7) is 5.61. The van der Waals surface area contributed by atoms with E-state index in [1.54, 1.807) is 0 Å². The minimum Gasteiger partial charge on any atom is -0.247 e. The molecule has 2 atom stereocenters. The summed E-state index contributed by atoms with van der Waals surface area (Å²) in [5.41, 5.74) is 0. The monoisotopic (exact) mass is 230 g/mol. The summed E-state index contributed by atoms with van der Waals surface area (Å²) in [5, 5.41) is 0. The molecule has 0 amide bonds. The van der Waals surface area contributed by atoms with E-state index in [0.29, 0.717) is 0 Å². The van der Waals surface area contributed by atoms with Gasteiger partial charge in [0.1, 0.15) is 0 Å². The molecule has 0 saturated carbocycles. The summed E-state index contributed by atoms with van der Waals surface area (Å²) in [7, 11) is -7.74. The van der Waals surface area contributed by atoms with Gasteiger partial charge in [0.25, 0.3) is 0 Å². The largest absolute Gasteiger partial charge is 0.514 e. The summed E-state index contributed by atoms with van der Waals surface area (Å²) in [5.74, 6) is 0.875. The molecule has 0 aliphatic heterocycles. The summed E-state index contributed by atoms with van der Waals surface area (Å²) in [6.07, 6.45) is 0. The lowest BCUT2D eigenvalue weighted by atomic mass is 11.3. The second-order valence-corrected chi connectivity index (χ2v) is 6.28. The second kappa shape index (κ2) is 4.96. The van der Waals surface area contributed by atoms with E-state index in [-0.39, 0.29) is 0 Å². The first-order valence-corrected chi connectivity index (χ1v) is 7.70. The summed E-state index contributed by atoms with van der Waals surface area (Å²) in [4.78, 5) is 0. The molecule has 12 heavy (non-hydrogen) atoms. The lowest BCUT2D eigenvalue weighted by molar-refractivity contribution is 0.405. The fourth-order valence-corrected chi connectivity index (χ4v) is 3.89. The van der Waals surface area contributed by atoms with Gasteiger partial charge in [-0.2, -0.15) is 0 Å². The van der Waals surface area contributed by atoms with Gasteiger partial charge in [-0.3, -0.25) is 0 Å². The summed E-state index contributed by atoms with van der Waals surface area (Å²) < 4.78 is 41.2. The second-order valence-electron chi connectivity index (χ2n) is 1.77. The Kier molecular flexibility index (Phi) is 5.00. The van der Waals surface area contributed by atoms with Crippen molar-refractivity contribution < 1.29 is 22.3 Å². The summed E-state index contributed by atoms with van der Waals surface area (Å²) in [6, 6.07) is 0. The van der Waals surface area contributed by atoms with Crippen LogP contribution in [0.5, 0.6) is 0 Å². The van der Waals surface area contributed by atoms with Crippen molar-refractivity contribution in [2.24, 2.45) is 0 Å². The Bertz CT molecular complexity index is 239. The van der Waals surface area contributed by atoms with Gasteiger partial charge in [0.05, 0.1) is 0 Å². The first kappa shape index (κ1) is 12.1. The lowest BCUT2D eigenvalue weighted by Crippen LogP contribution is -1.79. The van der Waals surface area contributed by atoms with E-state index < -0.39 is 23.7 Å². The van der Waals surface area contributed by atoms with Crippen molar-refractivity contribution >= 4 is 23.7 Å². The Hall–Kier alpha value is 0.0900. The molecule has 8 heteroatoms. The van der Waals surface area contributed by atoms with Crippen LogP contribution in [0.1, 0.15) is 0 Å². The van der Waals surface area contributed by atoms with Crippen LogP contribution in [0.2, 0.25) is 0 Å². The van der Waals surface area contributed by atoms with Gasteiger partial charge in [-0.1, -0.05) is 6.58 Å². The van der Waals surface area contributed by atoms with Crippen LogP contribution >= 0.6 is 23.7 Å². The van der Waals surface area contributed by atoms with Crippen LogP contribution in [0.4, 0.5) is 0 Å². The maximum atomic E-state index is 11.3. The molecule has 5 nitrogen and oxygen atoms in total. The topological polar surface area (TPSA) is 69.7 Å². The van der Waals surface area contributed by atoms with Gasteiger partial charge in [0.15, 0.2) is 13.3 Å². The molecule has 68 valence electrons. The molecule has 0 N–H and O–H groups in total. The molecule has 0 heterocycles. The number of rotatable bonds is 5. The molecule has 0 aliphatic carbocycles. The first-order chi connectivity index (χ1) is 5.39. The molecule has 0 rings (SSSR count). The van der Waals surface area contributed by atoms with E-state index in [0.717, 1.165) is 5.82 Å². The Morgan fingerprint density at radius 2 is 1.58 bits per heavy atom. The normalized spacial score (nSPS) is 17.8. The third-order valence-corrected chi connectivity index (χ3v) is 4.79. The zero-order valence-corrected chi connectivity index (χ0v) is 9.35. The van der Waals surface area contributed by atoms with Crippen LogP contribution in [0.15, 0.2) is 12.4 Å². The van der Waals surface area contributed by atoms with Gasteiger partial charge in [-0.25, -0.2) is 4.57 Å². The van der Waals surface area contributed by atoms with Crippen LogP contribution in [0, 0.1) is 0 Å². The zero-order chi connectivity index (χ0) is 9.78. The molecule has 0 fully saturated rings. The molecule has 0 spiro atoms. The smallest absolute Gasteiger partial charge is 0.247 e. The number of hydrogen-bond donors (Lipinski definition) is 0. The first-order valence-electron chi connectivity index (χ1n) is 2.84. The van der Waals surface area contributed by atoms with Gasteiger partial charge in [0.2, 0.25) is 0 Å². The molecule has 0 bridgehead atoms. The van der Waals surface area contributed by atoms with Crippen molar-refractivity contribution in [2.45, 2.75) is 0 Å². The van der Waals surface area contributed by atoms with Crippen molar-refractivity contribution in [2.75, 3.05) is 13.3 Å². The lowest BCUT2D eigenvalue weighted by Gasteiger charge is -1.95. The maximum Gasteiger partial charge on any atom is 0.514 e. The molecule has 0 radical (unpaired) electrons. The Labute approximate surface area is 72.4 Å². The van der Waals surface area contributed by atoms with Crippen molar-refractivity contribution in [3.8, 4) is 0 Å². The third kappa shape index (κ3) is 4.87. The van der Waals surface area contributed by atoms with Crippen LogP contribution in [0.3, 0.4) is 0 Å². The van der Waals surface area contributed by atoms with E-state index in [9.17, 15) is 13.7 Å². The average molecular weight is 230 g/mol. The quantitative estimate of drug-likeness (QED) is 0.678. The molecule has 0 aromatic carbocycles. The highest BCUT2D eigenvalue weighted by molar-refractivity contribution is 7.68. The summed E-state index contributed by atoms with van der Waals surface area (Å²) >= 11 is 0. The van der Waals surface area contributed by atoms with E-state index in [1.807, 2.05) is 0 Å². The predicted molar refractivity (Wildman–Crippen MR) is 47.0 cm³/mol. The SMILES string of the molecule is C=CP(=O)(O[P+](C)=O)O[P+](C)=O. The highest BCUT2D eigenvalue weighted by atomic mass is 31.3. The van der Waals surface area contributed by atoms with Gasteiger partial charge >= 0.3 is 23.7 Å². The highest BCUT2D eigenvalue weighted by Gasteiger charge is 2.37. The van der Waals surface area contributed by atoms with Crippen LogP contribution < -0.4 is 0 Å². The fraction of sp³-hybridized carbons (Fsp3) is 0.500. The van der Waals surface area contributed by atoms with Crippen LogP contribution in [0.25, 0.3) is 0 Å². The Morgan fingerprint density at radius 3 is 1.75 bits per heavy atom. The Balaban J connectivity index is 4.46. The third-order valence-electron chi connectivity index (χ3n) is 0.681. The van der Waals surface area contributed by atoms with Gasteiger partial charge < -0.3 is 0 Å². The zero-order valence-electron chi connectivity index (χ0n) is 6.67. The molecule has 0 saturated heterocycles. The van der Waals surface area contributed by atoms with E-state index >= 15 is 0 Å². The molecule has 0 aromatic rings. The Morgan fingerprint density at radius 1 is 1.25 bits per heavy atom. The predicted octanol–water partition coefficient (Wildman–Crippen LogP) is 3.10. The molecule has 0 aliphatic rings. The molecule has 2 unspecified atom stereocenters. The minimum atomic E-state index is -3.62. The number of hydrogen-bond acceptors (Lipinski definition) is 5. The molecular formula is C4H9O5P3+2. The molecule has 0 aromatic heterocycles.